The second-order valence-corrected chi connectivity index (χ2v) is 4.38. The van der Waals surface area contributed by atoms with E-state index in [0.29, 0.717) is 19.0 Å². The van der Waals surface area contributed by atoms with E-state index in [9.17, 15) is 0 Å². The lowest BCUT2D eigenvalue weighted by Crippen LogP contribution is -2.38. The molecule has 0 bridgehead atoms. The quantitative estimate of drug-likeness (QED) is 0.889. The van der Waals surface area contributed by atoms with E-state index in [2.05, 4.69) is 5.10 Å². The van der Waals surface area contributed by atoms with E-state index in [1.165, 1.54) is 0 Å². The Bertz CT molecular complexity index is 524. The Morgan fingerprint density at radius 2 is 2.06 bits per heavy atom. The van der Waals surface area contributed by atoms with Crippen LogP contribution in [-0.2, 0) is 11.8 Å². The summed E-state index contributed by atoms with van der Waals surface area (Å²) in [6.07, 6.45) is 0.196. The highest BCUT2D eigenvalue weighted by Gasteiger charge is 2.19. The summed E-state index contributed by atoms with van der Waals surface area (Å²) < 4.78 is 12.4. The first kappa shape index (κ1) is 11.1. The normalized spacial score (nSPS) is 15.4. The molecule has 1 aliphatic rings. The first-order valence-electron chi connectivity index (χ1n) is 5.87. The van der Waals surface area contributed by atoms with Crippen molar-refractivity contribution >= 4 is 5.82 Å². The molecular formula is C13H15N3O2. The molecule has 2 N–H and O–H groups in total. The molecule has 5 nitrogen and oxygen atoms in total. The average molecular weight is 245 g/mol. The number of benzene rings is 1. The van der Waals surface area contributed by atoms with E-state index in [4.69, 9.17) is 15.2 Å². The van der Waals surface area contributed by atoms with Crippen molar-refractivity contribution in [3.63, 3.8) is 0 Å². The minimum Gasteiger partial charge on any atom is -0.486 e. The van der Waals surface area contributed by atoms with Gasteiger partial charge in [0.2, 0.25) is 0 Å². The fraction of sp³-hybridized carbons (Fsp3) is 0.308. The Morgan fingerprint density at radius 1 is 1.33 bits per heavy atom. The summed E-state index contributed by atoms with van der Waals surface area (Å²) in [7, 11) is 1.83. The molecule has 18 heavy (non-hydrogen) atoms. The Hall–Kier alpha value is -2.01. The molecule has 2 heterocycles. The van der Waals surface area contributed by atoms with Gasteiger partial charge in [-0.15, -0.1) is 0 Å². The van der Waals surface area contributed by atoms with E-state index in [1.807, 2.05) is 37.4 Å². The second kappa shape index (κ2) is 4.34. The number of aryl methyl sites for hydroxylation is 1. The SMILES string of the molecule is Cn1nc(-c2ccc(OC3COC3)cc2)cc1N. The number of aromatic nitrogens is 2. The van der Waals surface area contributed by atoms with E-state index in [0.717, 1.165) is 17.0 Å². The molecule has 0 amide bonds. The largest absolute Gasteiger partial charge is 0.486 e. The van der Waals surface area contributed by atoms with Gasteiger partial charge in [-0.05, 0) is 24.3 Å². The van der Waals surface area contributed by atoms with Gasteiger partial charge in [-0.2, -0.15) is 5.10 Å². The van der Waals surface area contributed by atoms with Gasteiger partial charge in [0, 0.05) is 18.7 Å². The van der Waals surface area contributed by atoms with Gasteiger partial charge >= 0.3 is 0 Å². The van der Waals surface area contributed by atoms with Crippen LogP contribution in [0.5, 0.6) is 5.75 Å². The van der Waals surface area contributed by atoms with Crippen molar-refractivity contribution in [1.82, 2.24) is 9.78 Å². The maximum absolute atomic E-state index is 5.76. The summed E-state index contributed by atoms with van der Waals surface area (Å²) in [6.45, 7) is 1.36. The third-order valence-electron chi connectivity index (χ3n) is 2.98. The number of nitrogens with zero attached hydrogens (tertiary/aromatic N) is 2. The first-order valence-corrected chi connectivity index (χ1v) is 5.87. The highest BCUT2D eigenvalue weighted by molar-refractivity contribution is 5.63. The molecule has 1 saturated heterocycles. The topological polar surface area (TPSA) is 62.3 Å². The average Bonchev–Trinajstić information content (AvgIpc) is 2.65. The van der Waals surface area contributed by atoms with Gasteiger partial charge in [-0.3, -0.25) is 4.68 Å². The van der Waals surface area contributed by atoms with Crippen molar-refractivity contribution in [3.8, 4) is 17.0 Å². The molecule has 1 fully saturated rings. The number of hydrogen-bond donors (Lipinski definition) is 1. The Morgan fingerprint density at radius 3 is 2.56 bits per heavy atom. The zero-order valence-corrected chi connectivity index (χ0v) is 10.2. The standard InChI is InChI=1S/C13H15N3O2/c1-16-13(14)6-12(15-16)9-2-4-10(5-3-9)18-11-7-17-8-11/h2-6,11H,7-8,14H2,1H3. The van der Waals surface area contributed by atoms with Crippen molar-refractivity contribution in [3.05, 3.63) is 30.3 Å². The minimum absolute atomic E-state index is 0.196. The number of ether oxygens (including phenoxy) is 2. The van der Waals surface area contributed by atoms with Crippen LogP contribution in [0, 0.1) is 0 Å². The molecule has 3 rings (SSSR count). The van der Waals surface area contributed by atoms with Gasteiger partial charge in [-0.1, -0.05) is 0 Å². The highest BCUT2D eigenvalue weighted by Crippen LogP contribution is 2.23. The number of nitrogen functional groups attached to an aromatic ring is 1. The van der Waals surface area contributed by atoms with Gasteiger partial charge in [0.05, 0.1) is 18.9 Å². The van der Waals surface area contributed by atoms with E-state index in [1.54, 1.807) is 4.68 Å². The smallest absolute Gasteiger partial charge is 0.145 e. The summed E-state index contributed by atoms with van der Waals surface area (Å²) in [5.41, 5.74) is 7.66. The van der Waals surface area contributed by atoms with Crippen molar-refractivity contribution in [2.45, 2.75) is 6.10 Å². The van der Waals surface area contributed by atoms with Crippen LogP contribution in [0.25, 0.3) is 11.3 Å². The van der Waals surface area contributed by atoms with Crippen LogP contribution in [0.4, 0.5) is 5.82 Å². The zero-order chi connectivity index (χ0) is 12.5. The lowest BCUT2D eigenvalue weighted by molar-refractivity contribution is -0.0796. The van der Waals surface area contributed by atoms with Crippen LogP contribution in [0.3, 0.4) is 0 Å². The molecule has 0 aliphatic carbocycles. The molecule has 1 aromatic carbocycles. The lowest BCUT2D eigenvalue weighted by Gasteiger charge is -2.26. The van der Waals surface area contributed by atoms with Crippen LogP contribution in [0.15, 0.2) is 30.3 Å². The fourth-order valence-electron chi connectivity index (χ4n) is 1.80. The van der Waals surface area contributed by atoms with Gasteiger partial charge in [0.15, 0.2) is 0 Å². The molecular weight excluding hydrogens is 230 g/mol. The summed E-state index contributed by atoms with van der Waals surface area (Å²) >= 11 is 0. The molecule has 0 unspecified atom stereocenters. The lowest BCUT2D eigenvalue weighted by atomic mass is 10.1. The molecule has 0 spiro atoms. The number of rotatable bonds is 3. The molecule has 0 atom stereocenters. The van der Waals surface area contributed by atoms with Gasteiger partial charge in [-0.25, -0.2) is 0 Å². The van der Waals surface area contributed by atoms with Crippen molar-refractivity contribution in [1.29, 1.82) is 0 Å². The summed E-state index contributed by atoms with van der Waals surface area (Å²) in [5, 5.41) is 4.33. The molecule has 1 aliphatic heterocycles. The summed E-state index contributed by atoms with van der Waals surface area (Å²) in [4.78, 5) is 0. The molecule has 94 valence electrons. The minimum atomic E-state index is 0.196. The summed E-state index contributed by atoms with van der Waals surface area (Å²) in [6, 6.07) is 9.71. The number of nitrogens with two attached hydrogens (primary N) is 1. The Labute approximate surface area is 105 Å². The van der Waals surface area contributed by atoms with Crippen molar-refractivity contribution < 1.29 is 9.47 Å². The Kier molecular flexibility index (Phi) is 2.68. The number of anilines is 1. The van der Waals surface area contributed by atoms with Crippen LogP contribution in [0.1, 0.15) is 0 Å². The van der Waals surface area contributed by atoms with Crippen molar-refractivity contribution in [2.75, 3.05) is 18.9 Å². The Balaban J connectivity index is 1.77. The summed E-state index contributed by atoms with van der Waals surface area (Å²) in [5.74, 6) is 1.51. The van der Waals surface area contributed by atoms with Crippen molar-refractivity contribution in [2.24, 2.45) is 7.05 Å². The van der Waals surface area contributed by atoms with E-state index >= 15 is 0 Å². The van der Waals surface area contributed by atoms with Gasteiger partial charge in [0.1, 0.15) is 17.7 Å². The molecule has 1 aromatic heterocycles. The molecule has 5 heteroatoms. The zero-order valence-electron chi connectivity index (χ0n) is 10.2. The molecule has 0 radical (unpaired) electrons. The predicted molar refractivity (Wildman–Crippen MR) is 68.3 cm³/mol. The van der Waals surface area contributed by atoms with Gasteiger partial charge in [0.25, 0.3) is 0 Å². The molecule has 0 saturated carbocycles. The van der Waals surface area contributed by atoms with Crippen LogP contribution in [0.2, 0.25) is 0 Å². The maximum Gasteiger partial charge on any atom is 0.145 e. The van der Waals surface area contributed by atoms with Gasteiger partial charge < -0.3 is 15.2 Å². The van der Waals surface area contributed by atoms with E-state index in [-0.39, 0.29) is 6.10 Å². The monoisotopic (exact) mass is 245 g/mol. The van der Waals surface area contributed by atoms with E-state index < -0.39 is 0 Å². The number of hydrogen-bond acceptors (Lipinski definition) is 4. The first-order chi connectivity index (χ1) is 8.72. The highest BCUT2D eigenvalue weighted by atomic mass is 16.6. The maximum atomic E-state index is 5.76. The fourth-order valence-corrected chi connectivity index (χ4v) is 1.80. The van der Waals surface area contributed by atoms with Crippen LogP contribution >= 0.6 is 0 Å². The third-order valence-corrected chi connectivity index (χ3v) is 2.98. The van der Waals surface area contributed by atoms with Crippen LogP contribution in [-0.4, -0.2) is 29.1 Å². The van der Waals surface area contributed by atoms with Crippen LogP contribution < -0.4 is 10.5 Å². The predicted octanol–water partition coefficient (Wildman–Crippen LogP) is 1.45. The second-order valence-electron chi connectivity index (χ2n) is 4.38. The third kappa shape index (κ3) is 2.04. The molecule has 2 aromatic rings.